The van der Waals surface area contributed by atoms with Gasteiger partial charge >= 0.3 is 22.3 Å². The number of amides is 2. The number of hydrogen-bond donors (Lipinski definition) is 6. The molecular formula is C55H89N3O17S. The summed E-state index contributed by atoms with van der Waals surface area (Å²) in [5.74, 6) is -7.48. The number of carbonyl (C=O) groups is 6. The zero-order valence-electron chi connectivity index (χ0n) is 46.2. The van der Waals surface area contributed by atoms with Crippen LogP contribution in [0.4, 0.5) is 4.79 Å². The van der Waals surface area contributed by atoms with E-state index in [4.69, 9.17) is 33.9 Å². The van der Waals surface area contributed by atoms with Crippen LogP contribution >= 0.6 is 0 Å². The number of aliphatic hydroxyl groups is 3. The van der Waals surface area contributed by atoms with Gasteiger partial charge in [0.05, 0.1) is 12.2 Å². The number of nitrogens with one attached hydrogen (secondary N) is 1. The van der Waals surface area contributed by atoms with Crippen molar-refractivity contribution in [3.8, 4) is 0 Å². The van der Waals surface area contributed by atoms with Gasteiger partial charge in [0, 0.05) is 71.2 Å². The van der Waals surface area contributed by atoms with E-state index in [0.29, 0.717) is 56.9 Å². The third-order valence-electron chi connectivity index (χ3n) is 15.5. The van der Waals surface area contributed by atoms with E-state index in [2.05, 4.69) is 5.14 Å². The summed E-state index contributed by atoms with van der Waals surface area (Å²) in [6.45, 7) is 13.1. The van der Waals surface area contributed by atoms with Gasteiger partial charge in [-0.1, -0.05) is 82.6 Å². The molecule has 5 fully saturated rings. The molecule has 7 N–H and O–H groups in total. The van der Waals surface area contributed by atoms with E-state index in [0.717, 1.165) is 56.3 Å². The molecule has 0 aromatic rings. The molecule has 5 aliphatic heterocycles. The number of piperidine rings is 1. The first-order valence-corrected chi connectivity index (χ1v) is 28.5. The zero-order valence-corrected chi connectivity index (χ0v) is 47.0. The highest BCUT2D eigenvalue weighted by Gasteiger charge is 2.56. The van der Waals surface area contributed by atoms with Gasteiger partial charge in [-0.2, -0.15) is 8.42 Å². The van der Waals surface area contributed by atoms with Crippen molar-refractivity contribution in [3.05, 3.63) is 47.6 Å². The molecule has 6 aliphatic rings. The number of carbonyl (C=O) groups excluding carboxylic acids is 5. The van der Waals surface area contributed by atoms with Gasteiger partial charge in [0.1, 0.15) is 30.1 Å². The number of Topliss-reactive ketones (excluding diaryl/α,β-unsaturated/α-hetero) is 3. The summed E-state index contributed by atoms with van der Waals surface area (Å²) in [5.41, 5.74) is 1.51. The summed E-state index contributed by atoms with van der Waals surface area (Å²) < 4.78 is 49.1. The Balaban J connectivity index is 0.000000881. The van der Waals surface area contributed by atoms with Crippen LogP contribution in [0.3, 0.4) is 0 Å². The molecule has 1 saturated carbocycles. The SMILES string of the molecule is C1CCOC1.CO.COC1CCCC(C[C@H]2C3CCCN4C(=O)C(=O)C5(O)O[C@H](CC/C(C)=C/C=C/C=C/[C@@H](C)CC(C)C(=O)[C@H](OC)C(O)/C(C)=C/[C@@H](C)C(=O)C[C@@H]2OC(=O)C34)CCC5C)C1.NS(=O)(=O)NC(=O)O. The van der Waals surface area contributed by atoms with Crippen LogP contribution < -0.4 is 9.86 Å². The first-order chi connectivity index (χ1) is 35.9. The second kappa shape index (κ2) is 32.0. The van der Waals surface area contributed by atoms with Crippen molar-refractivity contribution in [2.45, 2.75) is 180 Å². The van der Waals surface area contributed by atoms with Gasteiger partial charge in [-0.3, -0.25) is 19.2 Å². The average Bonchev–Trinajstić information content (AvgIpc) is 3.98. The van der Waals surface area contributed by atoms with Crippen molar-refractivity contribution in [1.29, 1.82) is 0 Å². The fraction of sp³-hybridized carbons (Fsp3) is 0.745. The van der Waals surface area contributed by atoms with Crippen LogP contribution in [0.15, 0.2) is 47.6 Å². The molecule has 4 bridgehead atoms. The van der Waals surface area contributed by atoms with Crippen LogP contribution in [0.2, 0.25) is 0 Å². The Morgan fingerprint density at radius 2 is 1.58 bits per heavy atom. The Bertz CT molecular complexity index is 2150. The molecule has 432 valence electrons. The van der Waals surface area contributed by atoms with Crippen LogP contribution in [-0.4, -0.2) is 152 Å². The van der Waals surface area contributed by atoms with Gasteiger partial charge < -0.3 is 49.0 Å². The highest BCUT2D eigenvalue weighted by atomic mass is 32.2. The molecule has 0 radical (unpaired) electrons. The summed E-state index contributed by atoms with van der Waals surface area (Å²) in [6, 6.07) is -1.04. The number of esters is 1. The Morgan fingerprint density at radius 3 is 2.17 bits per heavy atom. The first-order valence-electron chi connectivity index (χ1n) is 26.9. The van der Waals surface area contributed by atoms with Gasteiger partial charge in [0.25, 0.3) is 11.7 Å². The number of rotatable bonds is 5. The Hall–Kier alpha value is -4.19. The Morgan fingerprint density at radius 1 is 0.895 bits per heavy atom. The molecule has 0 aromatic carbocycles. The maximum Gasteiger partial charge on any atom is 0.419 e. The lowest BCUT2D eigenvalue weighted by Crippen LogP contribution is -2.65. The minimum Gasteiger partial charge on any atom is -0.464 e. The van der Waals surface area contributed by atoms with Crippen molar-refractivity contribution in [1.82, 2.24) is 9.62 Å². The lowest BCUT2D eigenvalue weighted by Gasteiger charge is -2.50. The van der Waals surface area contributed by atoms with Crippen LogP contribution in [-0.2, 0) is 57.9 Å². The molecule has 2 amide bonds. The van der Waals surface area contributed by atoms with E-state index in [1.165, 1.54) is 24.9 Å². The average molecular weight is 1100 g/mol. The quantitative estimate of drug-likeness (QED) is 0.110. The van der Waals surface area contributed by atoms with Gasteiger partial charge in [-0.15, -0.1) is 0 Å². The maximum absolute atomic E-state index is 14.3. The van der Waals surface area contributed by atoms with Crippen molar-refractivity contribution in [3.63, 3.8) is 0 Å². The van der Waals surface area contributed by atoms with Crippen molar-refractivity contribution in [2.75, 3.05) is 41.1 Å². The predicted octanol–water partition coefficient (Wildman–Crippen LogP) is 5.67. The number of aliphatic hydroxyl groups excluding tert-OH is 2. The number of carboxylic acid groups (broad SMARTS) is 1. The van der Waals surface area contributed by atoms with E-state index in [1.54, 1.807) is 34.0 Å². The lowest BCUT2D eigenvalue weighted by atomic mass is 9.68. The molecular weight excluding hydrogens is 1010 g/mol. The van der Waals surface area contributed by atoms with E-state index in [1.807, 2.05) is 51.2 Å². The van der Waals surface area contributed by atoms with Crippen LogP contribution in [0.1, 0.15) is 138 Å². The molecule has 8 unspecified atom stereocenters. The Kier molecular flexibility index (Phi) is 27.8. The third-order valence-corrected chi connectivity index (χ3v) is 15.9. The second-order valence-electron chi connectivity index (χ2n) is 21.3. The normalized spacial score (nSPS) is 36.7. The van der Waals surface area contributed by atoms with Gasteiger partial charge in [0.2, 0.25) is 5.79 Å². The second-order valence-corrected chi connectivity index (χ2v) is 22.6. The molecule has 76 heavy (non-hydrogen) atoms. The summed E-state index contributed by atoms with van der Waals surface area (Å²) in [4.78, 5) is 81.2. The number of hydrogen-bond acceptors (Lipinski definition) is 16. The molecule has 0 aromatic heterocycles. The van der Waals surface area contributed by atoms with E-state index >= 15 is 0 Å². The minimum atomic E-state index is -4.07. The van der Waals surface area contributed by atoms with E-state index in [-0.39, 0.29) is 54.3 Å². The number of allylic oxidation sites excluding steroid dienone is 7. The number of nitrogens with two attached hydrogens (primary N) is 1. The third kappa shape index (κ3) is 19.9. The maximum atomic E-state index is 14.3. The van der Waals surface area contributed by atoms with Crippen LogP contribution in [0.25, 0.3) is 0 Å². The van der Waals surface area contributed by atoms with Crippen LogP contribution in [0, 0.1) is 41.4 Å². The standard InChI is InChI=1S/C49H73NO11.C4H8O.CH4N2O4S.CH4O/c1-29-14-10-9-11-15-30(2)24-32(4)43(52)45(59-8)44(53)33(5)25-31(3)40(51)28-41-39(27-35-16-12-17-37(26-35)58-7)38-18-13-23-50(42(38)48(56)60-41)47(55)46(54)49(57)34(6)20-22-36(61-49)21-19-29;1-2-4-5-3-1;2-8(6,7)3-1(4)5;1-2/h9-11,14-15,25,30-32,34-39,41-42,44-45,53,57H,12-13,16-24,26-28H2,1-8H3;1-4H2;3H,(H,4,5)(H2,2,6,7);2H,1H3/b10-9+,15-11+,29-14+,33-25+;;;/t30-,31-,32?,34?,35?,36-,37?,38?,39+,41+,42?,44?,45+,49?;;;/m1.../s1. The fourth-order valence-electron chi connectivity index (χ4n) is 11.3. The number of nitrogens with zero attached hydrogens (tertiary/aromatic N) is 1. The number of methoxy groups -OCH3 is 2. The topological polar surface area (TPSA) is 305 Å². The summed E-state index contributed by atoms with van der Waals surface area (Å²) in [5, 5.41) is 42.2. The first kappa shape index (κ1) is 66.1. The van der Waals surface area contributed by atoms with Crippen molar-refractivity contribution >= 4 is 45.5 Å². The predicted molar refractivity (Wildman–Crippen MR) is 283 cm³/mol. The molecule has 6 rings (SSSR count). The van der Waals surface area contributed by atoms with E-state index in [9.17, 15) is 47.4 Å². The monoisotopic (exact) mass is 1100 g/mol. The number of fused-ring (bicyclic) bond motifs is 4. The molecule has 1 aliphatic carbocycles. The van der Waals surface area contributed by atoms with Gasteiger partial charge in [0.15, 0.2) is 5.78 Å². The summed E-state index contributed by atoms with van der Waals surface area (Å²) in [6.07, 6.45) is 17.2. The molecule has 0 spiro atoms. The molecule has 5 heterocycles. The smallest absolute Gasteiger partial charge is 0.419 e. The minimum absolute atomic E-state index is 0.0663. The number of ether oxygens (including phenoxy) is 5. The lowest BCUT2D eigenvalue weighted by molar-refractivity contribution is -0.263. The Labute approximate surface area is 450 Å². The highest BCUT2D eigenvalue weighted by molar-refractivity contribution is 7.87. The molecule has 14 atom stereocenters. The number of ketones is 3. The van der Waals surface area contributed by atoms with Gasteiger partial charge in [-0.05, 0) is 114 Å². The molecule has 20 nitrogen and oxygen atoms in total. The summed E-state index contributed by atoms with van der Waals surface area (Å²) in [7, 11) is 0.0457. The molecule has 4 saturated heterocycles. The summed E-state index contributed by atoms with van der Waals surface area (Å²) >= 11 is 0. The largest absolute Gasteiger partial charge is 0.464 e. The van der Waals surface area contributed by atoms with Crippen molar-refractivity contribution < 1.29 is 81.3 Å². The van der Waals surface area contributed by atoms with Crippen LogP contribution in [0.5, 0.6) is 0 Å². The fourth-order valence-corrected chi connectivity index (χ4v) is 11.5. The van der Waals surface area contributed by atoms with Crippen molar-refractivity contribution in [2.24, 2.45) is 46.6 Å². The molecule has 21 heteroatoms. The van der Waals surface area contributed by atoms with Gasteiger partial charge in [-0.25, -0.2) is 19.5 Å². The highest BCUT2D eigenvalue weighted by Crippen LogP contribution is 2.45. The van der Waals surface area contributed by atoms with E-state index < -0.39 is 88.0 Å². The zero-order chi connectivity index (χ0) is 56.9.